The van der Waals surface area contributed by atoms with E-state index in [1.807, 2.05) is 0 Å². The number of hydrogen-bond acceptors (Lipinski definition) is 5. The van der Waals surface area contributed by atoms with Gasteiger partial charge in [-0.2, -0.15) is 5.10 Å². The van der Waals surface area contributed by atoms with E-state index in [1.165, 1.54) is 42.1 Å². The smallest absolute Gasteiger partial charge is 0.209 e. The molecule has 0 atom stereocenters. The van der Waals surface area contributed by atoms with Crippen molar-refractivity contribution in [2.75, 3.05) is 6.67 Å². The monoisotopic (exact) mass is 344 g/mol. The number of fused-ring (bicyclic) bond motifs is 1. The SMILES string of the molecule is FCCn1ncnc1CSc1n[nH]c(-c2ccc3c(c2)CCC3)n1. The largest absolute Gasteiger partial charge is 0.258 e. The lowest BCUT2D eigenvalue weighted by molar-refractivity contribution is 0.421. The van der Waals surface area contributed by atoms with Gasteiger partial charge in [0.05, 0.1) is 12.3 Å². The molecule has 0 fully saturated rings. The highest BCUT2D eigenvalue weighted by molar-refractivity contribution is 7.98. The van der Waals surface area contributed by atoms with Crippen LogP contribution in [0.25, 0.3) is 11.4 Å². The predicted molar refractivity (Wildman–Crippen MR) is 89.4 cm³/mol. The zero-order valence-electron chi connectivity index (χ0n) is 13.1. The van der Waals surface area contributed by atoms with Crippen LogP contribution in [0.15, 0.2) is 29.7 Å². The second-order valence-electron chi connectivity index (χ2n) is 5.68. The lowest BCUT2D eigenvalue weighted by Crippen LogP contribution is -2.06. The molecule has 0 amide bonds. The third-order valence-electron chi connectivity index (χ3n) is 4.16. The highest BCUT2D eigenvalue weighted by atomic mass is 32.2. The van der Waals surface area contributed by atoms with Crippen LogP contribution in [0.4, 0.5) is 4.39 Å². The van der Waals surface area contributed by atoms with Crippen LogP contribution in [0, 0.1) is 0 Å². The molecule has 24 heavy (non-hydrogen) atoms. The van der Waals surface area contributed by atoms with Gasteiger partial charge < -0.3 is 0 Å². The Morgan fingerprint density at radius 1 is 1.25 bits per heavy atom. The molecule has 1 aliphatic rings. The Morgan fingerprint density at radius 3 is 3.08 bits per heavy atom. The fourth-order valence-electron chi connectivity index (χ4n) is 2.96. The van der Waals surface area contributed by atoms with Gasteiger partial charge in [0.2, 0.25) is 5.16 Å². The molecule has 1 aliphatic carbocycles. The number of thioether (sulfide) groups is 1. The van der Waals surface area contributed by atoms with Gasteiger partial charge in [-0.1, -0.05) is 23.9 Å². The zero-order chi connectivity index (χ0) is 16.4. The number of nitrogens with zero attached hydrogens (tertiary/aromatic N) is 5. The number of benzene rings is 1. The van der Waals surface area contributed by atoms with Crippen molar-refractivity contribution in [2.45, 2.75) is 36.7 Å². The number of aromatic nitrogens is 6. The normalized spacial score (nSPS) is 13.4. The highest BCUT2D eigenvalue weighted by Gasteiger charge is 2.14. The number of halogens is 1. The number of alkyl halides is 1. The number of rotatable bonds is 6. The number of hydrogen-bond donors (Lipinski definition) is 1. The van der Waals surface area contributed by atoms with E-state index in [9.17, 15) is 4.39 Å². The van der Waals surface area contributed by atoms with Gasteiger partial charge in [-0.15, -0.1) is 5.10 Å². The number of nitrogens with one attached hydrogen (secondary N) is 1. The van der Waals surface area contributed by atoms with Crippen molar-refractivity contribution in [3.8, 4) is 11.4 Å². The Morgan fingerprint density at radius 2 is 2.17 bits per heavy atom. The van der Waals surface area contributed by atoms with Gasteiger partial charge in [0.15, 0.2) is 5.82 Å². The van der Waals surface area contributed by atoms with Crippen molar-refractivity contribution in [3.63, 3.8) is 0 Å². The van der Waals surface area contributed by atoms with Crippen LogP contribution in [0.3, 0.4) is 0 Å². The summed E-state index contributed by atoms with van der Waals surface area (Å²) in [6.45, 7) is -0.228. The molecule has 0 bridgehead atoms. The first-order valence-corrected chi connectivity index (χ1v) is 8.92. The first kappa shape index (κ1) is 15.3. The van der Waals surface area contributed by atoms with Crippen molar-refractivity contribution in [2.24, 2.45) is 0 Å². The van der Waals surface area contributed by atoms with Crippen LogP contribution in [0.5, 0.6) is 0 Å². The van der Waals surface area contributed by atoms with E-state index in [2.05, 4.69) is 43.5 Å². The number of aryl methyl sites for hydroxylation is 3. The first-order chi connectivity index (χ1) is 11.8. The van der Waals surface area contributed by atoms with E-state index >= 15 is 0 Å². The summed E-state index contributed by atoms with van der Waals surface area (Å²) in [5.74, 6) is 2.06. The minimum Gasteiger partial charge on any atom is -0.258 e. The van der Waals surface area contributed by atoms with Crippen LogP contribution in [-0.2, 0) is 25.1 Å². The van der Waals surface area contributed by atoms with E-state index in [4.69, 9.17) is 0 Å². The molecular weight excluding hydrogens is 327 g/mol. The molecule has 0 aliphatic heterocycles. The average molecular weight is 344 g/mol. The van der Waals surface area contributed by atoms with Crippen LogP contribution in [0.1, 0.15) is 23.4 Å². The molecule has 0 saturated heterocycles. The van der Waals surface area contributed by atoms with Crippen LogP contribution in [0.2, 0.25) is 0 Å². The Balaban J connectivity index is 1.46. The van der Waals surface area contributed by atoms with Gasteiger partial charge in [-0.25, -0.2) is 19.0 Å². The van der Waals surface area contributed by atoms with E-state index < -0.39 is 6.67 Å². The van der Waals surface area contributed by atoms with Crippen molar-refractivity contribution in [3.05, 3.63) is 41.5 Å². The summed E-state index contributed by atoms with van der Waals surface area (Å²) < 4.78 is 14.0. The molecule has 124 valence electrons. The Bertz CT molecular complexity index is 843. The van der Waals surface area contributed by atoms with Crippen LogP contribution < -0.4 is 0 Å². The van der Waals surface area contributed by atoms with Gasteiger partial charge in [-0.05, 0) is 36.5 Å². The highest BCUT2D eigenvalue weighted by Crippen LogP contribution is 2.27. The Kier molecular flexibility index (Phi) is 4.29. The minimum atomic E-state index is -0.454. The van der Waals surface area contributed by atoms with E-state index in [0.717, 1.165) is 23.6 Å². The standard InChI is InChI=1S/C16H17FN6S/c17-6-7-23-14(18-10-19-23)9-24-16-20-15(21-22-16)13-5-4-11-2-1-3-12(11)8-13/h4-5,8,10H,1-3,6-7,9H2,(H,20,21,22). The Hall–Kier alpha value is -2.22. The fraction of sp³-hybridized carbons (Fsp3) is 0.375. The van der Waals surface area contributed by atoms with E-state index in [1.54, 1.807) is 4.68 Å². The topological polar surface area (TPSA) is 72.3 Å². The van der Waals surface area contributed by atoms with Gasteiger partial charge in [0, 0.05) is 5.56 Å². The van der Waals surface area contributed by atoms with Gasteiger partial charge >= 0.3 is 0 Å². The van der Waals surface area contributed by atoms with Crippen LogP contribution in [-0.4, -0.2) is 36.6 Å². The molecule has 6 nitrogen and oxygen atoms in total. The molecule has 0 saturated carbocycles. The average Bonchev–Trinajstić information content (AvgIpc) is 3.33. The van der Waals surface area contributed by atoms with Gasteiger partial charge in [0.1, 0.15) is 18.8 Å². The maximum Gasteiger partial charge on any atom is 0.209 e. The van der Waals surface area contributed by atoms with E-state index in [-0.39, 0.29) is 6.54 Å². The third kappa shape index (κ3) is 3.06. The molecule has 3 aromatic rings. The summed E-state index contributed by atoms with van der Waals surface area (Å²) in [4.78, 5) is 8.70. The molecule has 0 unspecified atom stereocenters. The lowest BCUT2D eigenvalue weighted by Gasteiger charge is -2.02. The first-order valence-electron chi connectivity index (χ1n) is 7.93. The van der Waals surface area contributed by atoms with Gasteiger partial charge in [-0.3, -0.25) is 5.10 Å². The fourth-order valence-corrected chi connectivity index (χ4v) is 3.70. The van der Waals surface area contributed by atoms with Crippen molar-refractivity contribution in [1.82, 2.24) is 29.9 Å². The Labute approximate surface area is 142 Å². The van der Waals surface area contributed by atoms with Crippen molar-refractivity contribution < 1.29 is 4.39 Å². The zero-order valence-corrected chi connectivity index (χ0v) is 13.9. The summed E-state index contributed by atoms with van der Waals surface area (Å²) in [6.07, 6.45) is 4.99. The molecule has 8 heteroatoms. The van der Waals surface area contributed by atoms with E-state index in [0.29, 0.717) is 10.9 Å². The lowest BCUT2D eigenvalue weighted by atomic mass is 10.1. The molecule has 4 rings (SSSR count). The summed E-state index contributed by atoms with van der Waals surface area (Å²) in [5, 5.41) is 11.9. The second kappa shape index (κ2) is 6.72. The molecule has 1 aromatic carbocycles. The molecule has 2 heterocycles. The summed E-state index contributed by atoms with van der Waals surface area (Å²) in [6, 6.07) is 6.48. The number of H-pyrrole nitrogens is 1. The van der Waals surface area contributed by atoms with Crippen LogP contribution >= 0.6 is 11.8 Å². The number of aromatic amines is 1. The molecule has 0 radical (unpaired) electrons. The van der Waals surface area contributed by atoms with Crippen molar-refractivity contribution in [1.29, 1.82) is 0 Å². The third-order valence-corrected chi connectivity index (χ3v) is 5.00. The molecular formula is C16H17FN6S. The summed E-state index contributed by atoms with van der Waals surface area (Å²) in [5.41, 5.74) is 3.92. The minimum absolute atomic E-state index is 0.226. The quantitative estimate of drug-likeness (QED) is 0.696. The van der Waals surface area contributed by atoms with Gasteiger partial charge in [0.25, 0.3) is 0 Å². The molecule has 2 aromatic heterocycles. The van der Waals surface area contributed by atoms with Crippen molar-refractivity contribution >= 4 is 11.8 Å². The maximum atomic E-state index is 12.5. The molecule has 0 spiro atoms. The summed E-state index contributed by atoms with van der Waals surface area (Å²) in [7, 11) is 0. The molecule has 1 N–H and O–H groups in total. The summed E-state index contributed by atoms with van der Waals surface area (Å²) >= 11 is 1.46. The maximum absolute atomic E-state index is 12.5. The predicted octanol–water partition coefficient (Wildman–Crippen LogP) is 2.81. The second-order valence-corrected chi connectivity index (χ2v) is 6.62.